The second-order valence-electron chi connectivity index (χ2n) is 8.48. The summed E-state index contributed by atoms with van der Waals surface area (Å²) in [5, 5.41) is 10.3. The van der Waals surface area contributed by atoms with E-state index in [0.29, 0.717) is 50.8 Å². The van der Waals surface area contributed by atoms with Gasteiger partial charge in [-0.1, -0.05) is 19.9 Å². The number of aliphatic hydroxyl groups excluding tert-OH is 1. The van der Waals surface area contributed by atoms with Crippen LogP contribution < -0.4 is 0 Å². The van der Waals surface area contributed by atoms with Crippen molar-refractivity contribution < 1.29 is 19.4 Å². The third kappa shape index (κ3) is 4.24. The van der Waals surface area contributed by atoms with Crippen LogP contribution in [0, 0.1) is 17.3 Å². The molecule has 148 valence electrons. The summed E-state index contributed by atoms with van der Waals surface area (Å²) in [6, 6.07) is 0. The van der Waals surface area contributed by atoms with Crippen molar-refractivity contribution in [1.29, 1.82) is 0 Å². The van der Waals surface area contributed by atoms with Crippen LogP contribution in [0.2, 0.25) is 0 Å². The molecule has 1 saturated heterocycles. The summed E-state index contributed by atoms with van der Waals surface area (Å²) < 4.78 is 10.9. The minimum Gasteiger partial charge on any atom is -0.450 e. The zero-order valence-electron chi connectivity index (χ0n) is 16.4. The van der Waals surface area contributed by atoms with E-state index >= 15 is 0 Å². The molecule has 2 fully saturated rings. The molecular weight excluding hydrogens is 332 g/mol. The van der Waals surface area contributed by atoms with Crippen LogP contribution in [0.3, 0.4) is 0 Å². The second-order valence-corrected chi connectivity index (χ2v) is 8.48. The van der Waals surface area contributed by atoms with Crippen molar-refractivity contribution in [2.75, 3.05) is 52.5 Å². The van der Waals surface area contributed by atoms with Gasteiger partial charge in [0.25, 0.3) is 0 Å². The molecule has 1 aliphatic heterocycles. The number of carbonyl (C=O) groups excluding carboxylic acids is 1. The lowest BCUT2D eigenvalue weighted by molar-refractivity contribution is -0.0274. The fourth-order valence-electron chi connectivity index (χ4n) is 4.63. The fourth-order valence-corrected chi connectivity index (χ4v) is 4.63. The van der Waals surface area contributed by atoms with Crippen LogP contribution in [0.5, 0.6) is 0 Å². The summed E-state index contributed by atoms with van der Waals surface area (Å²) in [5.74, 6) is 1.50. The lowest BCUT2D eigenvalue weighted by Crippen LogP contribution is -2.51. The van der Waals surface area contributed by atoms with Gasteiger partial charge in [0.15, 0.2) is 0 Å². The number of nitrogens with zero attached hydrogens (tertiary/aromatic N) is 2. The van der Waals surface area contributed by atoms with Crippen LogP contribution in [0.15, 0.2) is 11.6 Å². The molecule has 1 N–H and O–H groups in total. The first kappa shape index (κ1) is 19.6. The summed E-state index contributed by atoms with van der Waals surface area (Å²) in [4.78, 5) is 15.6. The monoisotopic (exact) mass is 366 g/mol. The third-order valence-corrected chi connectivity index (χ3v) is 6.53. The highest BCUT2D eigenvalue weighted by atomic mass is 16.6. The van der Waals surface area contributed by atoms with Gasteiger partial charge in [-0.05, 0) is 42.6 Å². The van der Waals surface area contributed by atoms with Gasteiger partial charge in [0.2, 0.25) is 0 Å². The Kier molecular flexibility index (Phi) is 6.25. The molecule has 6 nitrogen and oxygen atoms in total. The van der Waals surface area contributed by atoms with E-state index in [9.17, 15) is 9.90 Å². The molecule has 1 heterocycles. The molecule has 3 aliphatic carbocycles. The van der Waals surface area contributed by atoms with E-state index in [1.54, 1.807) is 4.90 Å². The highest BCUT2D eigenvalue weighted by molar-refractivity contribution is 5.67. The van der Waals surface area contributed by atoms with E-state index in [4.69, 9.17) is 9.47 Å². The number of aliphatic hydroxyl groups is 1. The summed E-state index contributed by atoms with van der Waals surface area (Å²) >= 11 is 0. The predicted molar refractivity (Wildman–Crippen MR) is 99.9 cm³/mol. The maximum atomic E-state index is 11.7. The van der Waals surface area contributed by atoms with Crippen molar-refractivity contribution in [2.24, 2.45) is 17.3 Å². The molecule has 0 aromatic carbocycles. The number of piperazine rings is 1. The van der Waals surface area contributed by atoms with Gasteiger partial charge in [-0.3, -0.25) is 4.90 Å². The molecule has 0 aromatic heterocycles. The highest BCUT2D eigenvalue weighted by Crippen LogP contribution is 2.59. The third-order valence-electron chi connectivity index (χ3n) is 6.53. The first-order chi connectivity index (χ1) is 12.4. The zero-order chi connectivity index (χ0) is 18.7. The summed E-state index contributed by atoms with van der Waals surface area (Å²) in [7, 11) is 0. The number of carbonyl (C=O) groups is 1. The average Bonchev–Trinajstić information content (AvgIpc) is 2.62. The van der Waals surface area contributed by atoms with E-state index in [1.165, 1.54) is 18.4 Å². The molecule has 3 atom stereocenters. The van der Waals surface area contributed by atoms with Gasteiger partial charge in [0, 0.05) is 32.7 Å². The summed E-state index contributed by atoms with van der Waals surface area (Å²) in [5.41, 5.74) is 1.85. The molecular formula is C20H34N2O4. The van der Waals surface area contributed by atoms with Crippen molar-refractivity contribution in [2.45, 2.75) is 39.7 Å². The fraction of sp³-hybridized carbons (Fsp3) is 0.850. The van der Waals surface area contributed by atoms with Gasteiger partial charge in [-0.2, -0.15) is 0 Å². The van der Waals surface area contributed by atoms with Gasteiger partial charge >= 0.3 is 6.09 Å². The molecule has 0 spiro atoms. The number of allylic oxidation sites excluding steroid dienone is 1. The lowest BCUT2D eigenvalue weighted by Gasteiger charge is -2.56. The molecule has 4 aliphatic rings. The number of fused-ring (bicyclic) bond motifs is 1. The van der Waals surface area contributed by atoms with Crippen LogP contribution in [0.4, 0.5) is 4.79 Å². The van der Waals surface area contributed by atoms with Crippen molar-refractivity contribution in [1.82, 2.24) is 9.80 Å². The summed E-state index contributed by atoms with van der Waals surface area (Å²) in [6.07, 6.45) is 4.10. The SMILES string of the molecule is CCOC(=O)N1CCN(C[C@@H](O)COCC2=CC[C@H]3C[C@H]2C3(C)C)CC1. The molecule has 26 heavy (non-hydrogen) atoms. The van der Waals surface area contributed by atoms with Crippen LogP contribution >= 0.6 is 0 Å². The summed E-state index contributed by atoms with van der Waals surface area (Å²) in [6.45, 7) is 11.4. The van der Waals surface area contributed by atoms with Crippen LogP contribution in [0.25, 0.3) is 0 Å². The number of ether oxygens (including phenoxy) is 2. The van der Waals surface area contributed by atoms with E-state index in [1.807, 2.05) is 6.92 Å². The van der Waals surface area contributed by atoms with E-state index in [0.717, 1.165) is 19.0 Å². The van der Waals surface area contributed by atoms with E-state index in [-0.39, 0.29) is 6.09 Å². The topological polar surface area (TPSA) is 62.2 Å². The number of β-amino-alcohol motifs (C(OH)–C–C–N with tert-alkyl or cyclic N) is 1. The van der Waals surface area contributed by atoms with Gasteiger partial charge in [0.1, 0.15) is 0 Å². The number of rotatable bonds is 7. The van der Waals surface area contributed by atoms with Crippen LogP contribution in [-0.4, -0.2) is 79.6 Å². The Morgan fingerprint density at radius 1 is 1.35 bits per heavy atom. The molecule has 1 saturated carbocycles. The van der Waals surface area contributed by atoms with E-state index in [2.05, 4.69) is 24.8 Å². The van der Waals surface area contributed by atoms with Crippen LogP contribution in [0.1, 0.15) is 33.6 Å². The van der Waals surface area contributed by atoms with Crippen molar-refractivity contribution >= 4 is 6.09 Å². The number of hydrogen-bond donors (Lipinski definition) is 1. The van der Waals surface area contributed by atoms with Crippen molar-refractivity contribution in [3.8, 4) is 0 Å². The molecule has 0 unspecified atom stereocenters. The second kappa shape index (κ2) is 8.28. The Morgan fingerprint density at radius 2 is 2.08 bits per heavy atom. The molecule has 0 aromatic rings. The first-order valence-electron chi connectivity index (χ1n) is 10.0. The Labute approximate surface area is 157 Å². The Bertz CT molecular complexity index is 526. The van der Waals surface area contributed by atoms with Crippen molar-refractivity contribution in [3.63, 3.8) is 0 Å². The molecule has 6 heteroatoms. The Morgan fingerprint density at radius 3 is 2.69 bits per heavy atom. The largest absolute Gasteiger partial charge is 0.450 e. The number of amides is 1. The minimum atomic E-state index is -0.490. The average molecular weight is 367 g/mol. The minimum absolute atomic E-state index is 0.238. The van der Waals surface area contributed by atoms with Gasteiger partial charge < -0.3 is 19.5 Å². The Balaban J connectivity index is 1.32. The van der Waals surface area contributed by atoms with Gasteiger partial charge in [-0.25, -0.2) is 4.79 Å². The Hall–Kier alpha value is -1.11. The normalized spacial score (nSPS) is 28.9. The van der Waals surface area contributed by atoms with Crippen molar-refractivity contribution in [3.05, 3.63) is 11.6 Å². The smallest absolute Gasteiger partial charge is 0.409 e. The molecule has 4 rings (SSSR count). The standard InChI is InChI=1S/C20H34N2O4/c1-4-26-19(24)22-9-7-21(8-10-22)12-17(23)14-25-13-15-5-6-16-11-18(15)20(16,2)3/h5,16-18,23H,4,6-14H2,1-3H3/t16-,17+,18+/m0/s1. The molecule has 2 bridgehead atoms. The maximum Gasteiger partial charge on any atom is 0.409 e. The lowest BCUT2D eigenvalue weighted by atomic mass is 9.49. The first-order valence-corrected chi connectivity index (χ1v) is 10.0. The maximum absolute atomic E-state index is 11.7. The van der Waals surface area contributed by atoms with Gasteiger partial charge in [-0.15, -0.1) is 0 Å². The highest BCUT2D eigenvalue weighted by Gasteiger charge is 2.50. The quantitative estimate of drug-likeness (QED) is 0.700. The molecule has 1 amide bonds. The van der Waals surface area contributed by atoms with Crippen LogP contribution in [-0.2, 0) is 9.47 Å². The molecule has 0 radical (unpaired) electrons. The number of hydrogen-bond acceptors (Lipinski definition) is 5. The van der Waals surface area contributed by atoms with Gasteiger partial charge in [0.05, 0.1) is 25.9 Å². The van der Waals surface area contributed by atoms with E-state index < -0.39 is 6.10 Å². The zero-order valence-corrected chi connectivity index (χ0v) is 16.4. The predicted octanol–water partition coefficient (Wildman–Crippen LogP) is 2.13.